The maximum absolute atomic E-state index is 13.0. The SMILES string of the molecule is Cc1cccc(C)c1NC(=O)C[NH+]1CC[NH+](Cc2ccc(F)cc2)CC1. The maximum atomic E-state index is 13.0. The third kappa shape index (κ3) is 4.90. The van der Waals surface area contributed by atoms with E-state index < -0.39 is 0 Å². The molecular weight excluding hydrogens is 329 g/mol. The Morgan fingerprint density at radius 2 is 1.54 bits per heavy atom. The molecular formula is C21H28FN3O+2. The zero-order chi connectivity index (χ0) is 18.5. The number of para-hydroxylation sites is 1. The zero-order valence-electron chi connectivity index (χ0n) is 15.6. The van der Waals surface area contributed by atoms with Crippen molar-refractivity contribution in [2.24, 2.45) is 0 Å². The highest BCUT2D eigenvalue weighted by Gasteiger charge is 2.25. The minimum absolute atomic E-state index is 0.0828. The molecule has 4 nitrogen and oxygen atoms in total. The van der Waals surface area contributed by atoms with Gasteiger partial charge in [0.05, 0.1) is 0 Å². The van der Waals surface area contributed by atoms with Crippen molar-refractivity contribution in [1.29, 1.82) is 0 Å². The minimum atomic E-state index is -0.187. The van der Waals surface area contributed by atoms with Gasteiger partial charge in [-0.05, 0) is 37.1 Å². The number of benzene rings is 2. The van der Waals surface area contributed by atoms with Crippen LogP contribution in [0.1, 0.15) is 16.7 Å². The normalized spacial score (nSPS) is 20.0. The molecule has 5 heteroatoms. The first-order valence-corrected chi connectivity index (χ1v) is 9.29. The van der Waals surface area contributed by atoms with Crippen LogP contribution in [0.2, 0.25) is 0 Å². The Balaban J connectivity index is 1.46. The number of rotatable bonds is 5. The van der Waals surface area contributed by atoms with E-state index >= 15 is 0 Å². The molecule has 1 aliphatic rings. The summed E-state index contributed by atoms with van der Waals surface area (Å²) < 4.78 is 13.0. The van der Waals surface area contributed by atoms with E-state index in [0.29, 0.717) is 6.54 Å². The van der Waals surface area contributed by atoms with Crippen LogP contribution in [0, 0.1) is 19.7 Å². The predicted octanol–water partition coefficient (Wildman–Crippen LogP) is 0.365. The fraction of sp³-hybridized carbons (Fsp3) is 0.381. The molecule has 0 unspecified atom stereocenters. The molecule has 1 heterocycles. The van der Waals surface area contributed by atoms with Crippen molar-refractivity contribution < 1.29 is 19.0 Å². The summed E-state index contributed by atoms with van der Waals surface area (Å²) in [6.45, 7) is 9.50. The fourth-order valence-corrected chi connectivity index (χ4v) is 3.62. The van der Waals surface area contributed by atoms with Gasteiger partial charge >= 0.3 is 0 Å². The van der Waals surface area contributed by atoms with Gasteiger partial charge in [-0.2, -0.15) is 0 Å². The number of hydrogen-bond donors (Lipinski definition) is 3. The lowest BCUT2D eigenvalue weighted by molar-refractivity contribution is -1.02. The van der Waals surface area contributed by atoms with Gasteiger partial charge in [0.15, 0.2) is 6.54 Å². The van der Waals surface area contributed by atoms with Crippen LogP contribution in [-0.2, 0) is 11.3 Å². The first-order valence-electron chi connectivity index (χ1n) is 9.29. The third-order valence-electron chi connectivity index (χ3n) is 5.19. The highest BCUT2D eigenvalue weighted by atomic mass is 19.1. The molecule has 0 saturated carbocycles. The summed E-state index contributed by atoms with van der Waals surface area (Å²) in [5, 5.41) is 3.08. The molecule has 3 N–H and O–H groups in total. The molecule has 0 atom stereocenters. The lowest BCUT2D eigenvalue weighted by Crippen LogP contribution is -3.28. The molecule has 1 fully saturated rings. The number of anilines is 1. The van der Waals surface area contributed by atoms with Gasteiger partial charge in [-0.25, -0.2) is 4.39 Å². The number of carbonyl (C=O) groups excluding carboxylic acids is 1. The number of aryl methyl sites for hydroxylation is 2. The van der Waals surface area contributed by atoms with Crippen molar-refractivity contribution in [3.63, 3.8) is 0 Å². The number of halogens is 1. The number of nitrogens with one attached hydrogen (secondary N) is 3. The minimum Gasteiger partial charge on any atom is -0.322 e. The fourth-order valence-electron chi connectivity index (χ4n) is 3.62. The second kappa shape index (κ2) is 8.43. The Morgan fingerprint density at radius 3 is 2.15 bits per heavy atom. The van der Waals surface area contributed by atoms with E-state index in [-0.39, 0.29) is 11.7 Å². The van der Waals surface area contributed by atoms with Gasteiger partial charge in [-0.15, -0.1) is 0 Å². The average Bonchev–Trinajstić information content (AvgIpc) is 2.62. The Morgan fingerprint density at radius 1 is 0.962 bits per heavy atom. The number of carbonyl (C=O) groups is 1. The van der Waals surface area contributed by atoms with Crippen LogP contribution in [-0.4, -0.2) is 38.6 Å². The molecule has 1 amide bonds. The summed E-state index contributed by atoms with van der Waals surface area (Å²) in [5.41, 5.74) is 4.30. The van der Waals surface area contributed by atoms with E-state index in [0.717, 1.165) is 55.1 Å². The second-order valence-electron chi connectivity index (χ2n) is 7.30. The zero-order valence-corrected chi connectivity index (χ0v) is 15.6. The molecule has 138 valence electrons. The highest BCUT2D eigenvalue weighted by Crippen LogP contribution is 2.18. The van der Waals surface area contributed by atoms with E-state index in [9.17, 15) is 9.18 Å². The van der Waals surface area contributed by atoms with Crippen LogP contribution in [0.3, 0.4) is 0 Å². The highest BCUT2D eigenvalue weighted by molar-refractivity contribution is 5.93. The van der Waals surface area contributed by atoms with Gasteiger partial charge in [0, 0.05) is 11.3 Å². The van der Waals surface area contributed by atoms with E-state index in [1.807, 2.05) is 44.2 Å². The summed E-state index contributed by atoms with van der Waals surface area (Å²) in [6.07, 6.45) is 0. The van der Waals surface area contributed by atoms with Crippen LogP contribution in [0.5, 0.6) is 0 Å². The standard InChI is InChI=1S/C21H26FN3O/c1-16-4-3-5-17(2)21(16)23-20(26)15-25-12-10-24(11-13-25)14-18-6-8-19(22)9-7-18/h3-9H,10-15H2,1-2H3,(H,23,26)/p+2. The van der Waals surface area contributed by atoms with Crippen LogP contribution in [0.25, 0.3) is 0 Å². The predicted molar refractivity (Wildman–Crippen MR) is 101 cm³/mol. The van der Waals surface area contributed by atoms with Crippen molar-refractivity contribution in [2.45, 2.75) is 20.4 Å². The van der Waals surface area contributed by atoms with Gasteiger partial charge in [0.2, 0.25) is 0 Å². The van der Waals surface area contributed by atoms with E-state index in [2.05, 4.69) is 5.32 Å². The summed E-state index contributed by atoms with van der Waals surface area (Å²) in [7, 11) is 0. The van der Waals surface area contributed by atoms with Crippen molar-refractivity contribution in [1.82, 2.24) is 0 Å². The molecule has 26 heavy (non-hydrogen) atoms. The van der Waals surface area contributed by atoms with Gasteiger partial charge < -0.3 is 15.1 Å². The Bertz CT molecular complexity index is 732. The lowest BCUT2D eigenvalue weighted by Gasteiger charge is -2.29. The molecule has 1 saturated heterocycles. The number of amides is 1. The molecule has 3 rings (SSSR count). The molecule has 0 spiro atoms. The molecule has 1 aliphatic heterocycles. The largest absolute Gasteiger partial charge is 0.322 e. The van der Waals surface area contributed by atoms with E-state index in [4.69, 9.17) is 0 Å². The van der Waals surface area contributed by atoms with Gasteiger partial charge in [0.1, 0.15) is 38.5 Å². The summed E-state index contributed by atoms with van der Waals surface area (Å²) in [4.78, 5) is 15.2. The molecule has 2 aromatic rings. The van der Waals surface area contributed by atoms with Gasteiger partial charge in [-0.3, -0.25) is 4.79 Å². The van der Waals surface area contributed by atoms with Crippen LogP contribution >= 0.6 is 0 Å². The van der Waals surface area contributed by atoms with Crippen LogP contribution < -0.4 is 15.1 Å². The summed E-state index contributed by atoms with van der Waals surface area (Å²) >= 11 is 0. The second-order valence-corrected chi connectivity index (χ2v) is 7.30. The number of quaternary nitrogens is 2. The number of hydrogen-bond acceptors (Lipinski definition) is 1. The first-order chi connectivity index (χ1) is 12.5. The molecule has 0 bridgehead atoms. The van der Waals surface area contributed by atoms with Gasteiger partial charge in [0.25, 0.3) is 5.91 Å². The van der Waals surface area contributed by atoms with E-state index in [1.165, 1.54) is 21.9 Å². The molecule has 0 aliphatic carbocycles. The molecule has 0 radical (unpaired) electrons. The average molecular weight is 357 g/mol. The summed E-state index contributed by atoms with van der Waals surface area (Å²) in [5.74, 6) is -0.104. The monoisotopic (exact) mass is 357 g/mol. The topological polar surface area (TPSA) is 38.0 Å². The van der Waals surface area contributed by atoms with Crippen molar-refractivity contribution in [3.8, 4) is 0 Å². The van der Waals surface area contributed by atoms with Crippen LogP contribution in [0.4, 0.5) is 10.1 Å². The van der Waals surface area contributed by atoms with Crippen molar-refractivity contribution in [2.75, 3.05) is 38.0 Å². The number of piperazine rings is 1. The third-order valence-corrected chi connectivity index (χ3v) is 5.19. The van der Waals surface area contributed by atoms with E-state index in [1.54, 1.807) is 0 Å². The van der Waals surface area contributed by atoms with Crippen LogP contribution in [0.15, 0.2) is 42.5 Å². The molecule has 0 aromatic heterocycles. The van der Waals surface area contributed by atoms with Gasteiger partial charge in [-0.1, -0.05) is 30.3 Å². The molecule has 2 aromatic carbocycles. The summed E-state index contributed by atoms with van der Waals surface area (Å²) in [6, 6.07) is 12.8. The van der Waals surface area contributed by atoms with Crippen molar-refractivity contribution in [3.05, 3.63) is 65.0 Å². The Hall–Kier alpha value is -2.24. The smallest absolute Gasteiger partial charge is 0.279 e. The lowest BCUT2D eigenvalue weighted by atomic mass is 10.1. The Kier molecular flexibility index (Phi) is 6.01. The van der Waals surface area contributed by atoms with Crippen molar-refractivity contribution >= 4 is 11.6 Å². The maximum Gasteiger partial charge on any atom is 0.279 e. The quantitative estimate of drug-likeness (QED) is 0.711. The Labute approximate surface area is 154 Å². The first kappa shape index (κ1) is 18.5.